The van der Waals surface area contributed by atoms with E-state index in [0.717, 1.165) is 34.4 Å². The number of imide groups is 1. The van der Waals surface area contributed by atoms with Gasteiger partial charge in [-0.3, -0.25) is 9.59 Å². The number of amides is 3. The van der Waals surface area contributed by atoms with Crippen molar-refractivity contribution in [3.63, 3.8) is 0 Å². The van der Waals surface area contributed by atoms with E-state index in [1.807, 2.05) is 55.5 Å². The van der Waals surface area contributed by atoms with Crippen LogP contribution < -0.4 is 0 Å². The molecule has 39 heavy (non-hydrogen) atoms. The largest absolute Gasteiger partial charge is 0.427 e. The Bertz CT molecular complexity index is 1430. The molecule has 4 aliphatic rings. The lowest BCUT2D eigenvalue weighted by atomic mass is 9.89. The van der Waals surface area contributed by atoms with Crippen molar-refractivity contribution < 1.29 is 27.5 Å². The standard InChI is InChI=1S/C29H33N3O6S/c1-19(21-8-9-21)31(15-20-6-4-3-5-7-20)26(33)18-32-27(34)29(38-28(32)35)13-12-23-14-22(10-11-25(23)29)24-16-30(17-24)39(2,36)37/h3-7,10-11,14,19,21,24H,8-9,12-13,15-18H2,1-2H3/t19-,29+/m0/s1. The van der Waals surface area contributed by atoms with E-state index in [9.17, 15) is 22.8 Å². The van der Waals surface area contributed by atoms with E-state index in [1.165, 1.54) is 10.6 Å². The van der Waals surface area contributed by atoms with Crippen molar-refractivity contribution in [1.29, 1.82) is 0 Å². The molecular weight excluding hydrogens is 518 g/mol. The zero-order chi connectivity index (χ0) is 27.5. The van der Waals surface area contributed by atoms with Crippen LogP contribution in [-0.4, -0.2) is 72.4 Å². The zero-order valence-electron chi connectivity index (χ0n) is 22.2. The molecule has 2 heterocycles. The van der Waals surface area contributed by atoms with Crippen LogP contribution in [0.2, 0.25) is 0 Å². The molecule has 10 heteroatoms. The zero-order valence-corrected chi connectivity index (χ0v) is 23.0. The normalized spacial score (nSPS) is 24.0. The van der Waals surface area contributed by atoms with Gasteiger partial charge >= 0.3 is 6.09 Å². The predicted molar refractivity (Wildman–Crippen MR) is 143 cm³/mol. The minimum Gasteiger partial charge on any atom is -0.427 e. The lowest BCUT2D eigenvalue weighted by Crippen LogP contribution is -2.48. The van der Waals surface area contributed by atoms with Gasteiger partial charge in [-0.25, -0.2) is 22.4 Å². The summed E-state index contributed by atoms with van der Waals surface area (Å²) >= 11 is 0. The highest BCUT2D eigenvalue weighted by molar-refractivity contribution is 7.88. The van der Waals surface area contributed by atoms with Crippen molar-refractivity contribution in [1.82, 2.24) is 14.1 Å². The highest BCUT2D eigenvalue weighted by atomic mass is 32.2. The van der Waals surface area contributed by atoms with E-state index in [-0.39, 0.29) is 24.4 Å². The summed E-state index contributed by atoms with van der Waals surface area (Å²) in [4.78, 5) is 43.0. The third-order valence-corrected chi connectivity index (χ3v) is 10.0. The number of aryl methyl sites for hydroxylation is 1. The molecule has 206 valence electrons. The molecule has 2 aliphatic carbocycles. The van der Waals surface area contributed by atoms with E-state index in [0.29, 0.717) is 44.0 Å². The Labute approximate surface area is 228 Å². The van der Waals surface area contributed by atoms with Crippen LogP contribution in [0.5, 0.6) is 0 Å². The molecule has 0 N–H and O–H groups in total. The molecule has 3 fully saturated rings. The second-order valence-corrected chi connectivity index (χ2v) is 13.3. The monoisotopic (exact) mass is 551 g/mol. The van der Waals surface area contributed by atoms with Gasteiger partial charge in [-0.15, -0.1) is 0 Å². The van der Waals surface area contributed by atoms with Crippen LogP contribution in [0.3, 0.4) is 0 Å². The summed E-state index contributed by atoms with van der Waals surface area (Å²) < 4.78 is 30.7. The van der Waals surface area contributed by atoms with Crippen molar-refractivity contribution in [3.8, 4) is 0 Å². The van der Waals surface area contributed by atoms with Gasteiger partial charge in [0.25, 0.3) is 5.91 Å². The maximum atomic E-state index is 13.7. The molecule has 0 aromatic heterocycles. The molecule has 0 bridgehead atoms. The lowest BCUT2D eigenvalue weighted by Gasteiger charge is -2.37. The first-order valence-electron chi connectivity index (χ1n) is 13.5. The van der Waals surface area contributed by atoms with Crippen LogP contribution in [0.25, 0.3) is 0 Å². The maximum absolute atomic E-state index is 13.7. The minimum absolute atomic E-state index is 0.0103. The van der Waals surface area contributed by atoms with Crippen LogP contribution in [-0.2, 0) is 42.9 Å². The summed E-state index contributed by atoms with van der Waals surface area (Å²) in [6.45, 7) is 2.98. The molecule has 1 saturated carbocycles. The molecule has 2 aromatic carbocycles. The first kappa shape index (κ1) is 26.0. The number of nitrogens with zero attached hydrogens (tertiary/aromatic N) is 3. The molecule has 1 spiro atoms. The second-order valence-electron chi connectivity index (χ2n) is 11.4. The van der Waals surface area contributed by atoms with Crippen molar-refractivity contribution >= 4 is 27.9 Å². The summed E-state index contributed by atoms with van der Waals surface area (Å²) in [5.74, 6) is -0.226. The summed E-state index contributed by atoms with van der Waals surface area (Å²) in [6.07, 6.45) is 3.45. The molecule has 3 amide bonds. The fourth-order valence-electron chi connectivity index (χ4n) is 6.15. The van der Waals surface area contributed by atoms with Crippen molar-refractivity contribution in [2.75, 3.05) is 25.9 Å². The molecular formula is C29H33N3O6S. The second kappa shape index (κ2) is 9.45. The number of hydrogen-bond donors (Lipinski definition) is 0. The summed E-state index contributed by atoms with van der Waals surface area (Å²) in [6, 6.07) is 15.5. The smallest absolute Gasteiger partial charge is 0.418 e. The topological polar surface area (TPSA) is 104 Å². The third kappa shape index (κ3) is 4.63. The van der Waals surface area contributed by atoms with Crippen LogP contribution in [0.15, 0.2) is 48.5 Å². The van der Waals surface area contributed by atoms with Crippen LogP contribution in [0.4, 0.5) is 4.79 Å². The third-order valence-electron chi connectivity index (χ3n) is 8.78. The molecule has 2 aromatic rings. The Hall–Kier alpha value is -3.24. The minimum atomic E-state index is -3.20. The molecule has 6 rings (SSSR count). The molecule has 0 unspecified atom stereocenters. The Kier molecular flexibility index (Phi) is 6.30. The Balaban J connectivity index is 1.19. The summed E-state index contributed by atoms with van der Waals surface area (Å²) in [5, 5.41) is 0. The number of fused-ring (bicyclic) bond motifs is 2. The van der Waals surface area contributed by atoms with Gasteiger partial charge in [0.15, 0.2) is 0 Å². The molecule has 2 atom stereocenters. The molecule has 9 nitrogen and oxygen atoms in total. The fourth-order valence-corrected chi connectivity index (χ4v) is 7.05. The number of carbonyl (C=O) groups excluding carboxylic acids is 3. The lowest BCUT2D eigenvalue weighted by molar-refractivity contribution is -0.143. The van der Waals surface area contributed by atoms with E-state index >= 15 is 0 Å². The Morgan fingerprint density at radius 2 is 1.85 bits per heavy atom. The van der Waals surface area contributed by atoms with Crippen LogP contribution in [0.1, 0.15) is 54.4 Å². The van der Waals surface area contributed by atoms with Gasteiger partial charge in [0.05, 0.1) is 6.26 Å². The van der Waals surface area contributed by atoms with E-state index in [2.05, 4.69) is 0 Å². The van der Waals surface area contributed by atoms with Crippen LogP contribution >= 0.6 is 0 Å². The van der Waals surface area contributed by atoms with Gasteiger partial charge in [-0.1, -0.05) is 48.5 Å². The van der Waals surface area contributed by atoms with E-state index in [1.54, 1.807) is 4.90 Å². The average Bonchev–Trinajstić information content (AvgIpc) is 3.62. The van der Waals surface area contributed by atoms with Gasteiger partial charge in [0.1, 0.15) is 6.54 Å². The number of ether oxygens (including phenoxy) is 1. The van der Waals surface area contributed by atoms with E-state index < -0.39 is 27.6 Å². The first-order valence-corrected chi connectivity index (χ1v) is 15.4. The Morgan fingerprint density at radius 1 is 1.13 bits per heavy atom. The highest BCUT2D eigenvalue weighted by Crippen LogP contribution is 2.46. The van der Waals surface area contributed by atoms with Crippen molar-refractivity contribution in [2.24, 2.45) is 5.92 Å². The van der Waals surface area contributed by atoms with Gasteiger partial charge in [0.2, 0.25) is 21.5 Å². The predicted octanol–water partition coefficient (Wildman–Crippen LogP) is 2.99. The number of sulfonamides is 1. The number of benzene rings is 2. The number of carbonyl (C=O) groups is 3. The number of rotatable bonds is 8. The molecule has 2 aliphatic heterocycles. The quantitative estimate of drug-likeness (QED) is 0.500. The SMILES string of the molecule is C[C@@H](C1CC1)N(Cc1ccccc1)C(=O)CN1C(=O)O[C@@]2(CCc3cc(C4CN(S(C)(=O)=O)C4)ccc32)C1=O. The summed E-state index contributed by atoms with van der Waals surface area (Å²) in [5.41, 5.74) is 2.19. The highest BCUT2D eigenvalue weighted by Gasteiger charge is 2.58. The van der Waals surface area contributed by atoms with Crippen LogP contribution in [0, 0.1) is 5.92 Å². The van der Waals surface area contributed by atoms with Gasteiger partial charge < -0.3 is 9.64 Å². The van der Waals surface area contributed by atoms with Gasteiger partial charge in [0, 0.05) is 43.6 Å². The Morgan fingerprint density at radius 3 is 2.51 bits per heavy atom. The number of hydrogen-bond acceptors (Lipinski definition) is 6. The van der Waals surface area contributed by atoms with Gasteiger partial charge in [-0.2, -0.15) is 0 Å². The van der Waals surface area contributed by atoms with Crippen molar-refractivity contribution in [2.45, 2.75) is 56.7 Å². The van der Waals surface area contributed by atoms with Gasteiger partial charge in [-0.05, 0) is 48.8 Å². The first-order chi connectivity index (χ1) is 18.6. The maximum Gasteiger partial charge on any atom is 0.418 e. The molecule has 2 saturated heterocycles. The molecule has 0 radical (unpaired) electrons. The van der Waals surface area contributed by atoms with Crippen molar-refractivity contribution in [3.05, 3.63) is 70.8 Å². The fraction of sp³-hybridized carbons (Fsp3) is 0.483. The average molecular weight is 552 g/mol. The van der Waals surface area contributed by atoms with E-state index in [4.69, 9.17) is 4.74 Å². The summed E-state index contributed by atoms with van der Waals surface area (Å²) in [7, 11) is -3.20.